The Labute approximate surface area is 121 Å². The van der Waals surface area contributed by atoms with E-state index >= 15 is 0 Å². The first-order valence-electron chi connectivity index (χ1n) is 7.16. The molecule has 3 heteroatoms. The summed E-state index contributed by atoms with van der Waals surface area (Å²) in [4.78, 5) is 4.70. The zero-order valence-electron chi connectivity index (χ0n) is 13.0. The van der Waals surface area contributed by atoms with E-state index in [2.05, 4.69) is 46.0 Å². The normalized spacial score (nSPS) is 12.1. The molecule has 0 radical (unpaired) electrons. The highest BCUT2D eigenvalue weighted by Crippen LogP contribution is 2.28. The van der Waals surface area contributed by atoms with Gasteiger partial charge in [-0.25, -0.2) is 0 Å². The van der Waals surface area contributed by atoms with Gasteiger partial charge in [0.25, 0.3) is 0 Å². The van der Waals surface area contributed by atoms with E-state index in [1.165, 1.54) is 0 Å². The van der Waals surface area contributed by atoms with Crippen LogP contribution in [0.5, 0.6) is 5.75 Å². The maximum atomic E-state index is 6.09. The van der Waals surface area contributed by atoms with Crippen molar-refractivity contribution < 1.29 is 4.74 Å². The van der Waals surface area contributed by atoms with Gasteiger partial charge in [0.1, 0.15) is 11.4 Å². The maximum absolute atomic E-state index is 6.09. The van der Waals surface area contributed by atoms with Crippen molar-refractivity contribution in [3.63, 3.8) is 0 Å². The lowest BCUT2D eigenvalue weighted by molar-refractivity contribution is 0.133. The Morgan fingerprint density at radius 2 is 1.90 bits per heavy atom. The first-order chi connectivity index (χ1) is 9.35. The molecule has 0 aliphatic rings. The molecule has 20 heavy (non-hydrogen) atoms. The van der Waals surface area contributed by atoms with Crippen molar-refractivity contribution in [2.45, 2.75) is 52.8 Å². The number of hydrogen-bond acceptors (Lipinski definition) is 3. The first-order valence-corrected chi connectivity index (χ1v) is 7.16. The second kappa shape index (κ2) is 5.80. The number of aromatic nitrogens is 1. The van der Waals surface area contributed by atoms with E-state index in [1.807, 2.05) is 24.3 Å². The average Bonchev–Trinajstić information content (AvgIpc) is 2.34. The molecule has 0 unspecified atom stereocenters. The smallest absolute Gasteiger partial charge is 0.131 e. The van der Waals surface area contributed by atoms with Crippen LogP contribution in [0.25, 0.3) is 10.9 Å². The molecule has 0 fully saturated rings. The zero-order chi connectivity index (χ0) is 14.8. The summed E-state index contributed by atoms with van der Waals surface area (Å²) >= 11 is 0. The van der Waals surface area contributed by atoms with Crippen LogP contribution in [0, 0.1) is 0 Å². The quantitative estimate of drug-likeness (QED) is 0.916. The van der Waals surface area contributed by atoms with Crippen molar-refractivity contribution >= 4 is 10.9 Å². The van der Waals surface area contributed by atoms with E-state index in [9.17, 15) is 0 Å². The molecule has 0 atom stereocenters. The van der Waals surface area contributed by atoms with Gasteiger partial charge in [0.05, 0.1) is 11.2 Å². The summed E-state index contributed by atoms with van der Waals surface area (Å²) in [5.41, 5.74) is 1.78. The van der Waals surface area contributed by atoms with Crippen LogP contribution in [0.3, 0.4) is 0 Å². The predicted octanol–water partition coefficient (Wildman–Crippen LogP) is 3.91. The molecule has 1 N–H and O–H groups in total. The third kappa shape index (κ3) is 3.94. The Balaban J connectivity index is 2.41. The molecule has 2 aromatic rings. The minimum Gasteiger partial charge on any atom is -0.487 e. The third-order valence-corrected chi connectivity index (χ3v) is 2.84. The summed E-state index contributed by atoms with van der Waals surface area (Å²) in [6.45, 7) is 11.2. The van der Waals surface area contributed by atoms with Crippen LogP contribution in [0.1, 0.15) is 40.3 Å². The fourth-order valence-electron chi connectivity index (χ4n) is 2.01. The minimum atomic E-state index is -0.215. The number of pyridine rings is 1. The molecule has 1 aromatic heterocycles. The Hall–Kier alpha value is -1.61. The van der Waals surface area contributed by atoms with Crippen LogP contribution in [0.4, 0.5) is 0 Å². The Morgan fingerprint density at radius 1 is 1.20 bits per heavy atom. The fraction of sp³-hybridized carbons (Fsp3) is 0.471. The van der Waals surface area contributed by atoms with E-state index in [-0.39, 0.29) is 5.60 Å². The van der Waals surface area contributed by atoms with Gasteiger partial charge in [-0.05, 0) is 32.9 Å². The van der Waals surface area contributed by atoms with E-state index < -0.39 is 0 Å². The van der Waals surface area contributed by atoms with Crippen LogP contribution in [-0.4, -0.2) is 16.6 Å². The van der Waals surface area contributed by atoms with Crippen LogP contribution < -0.4 is 10.1 Å². The summed E-state index contributed by atoms with van der Waals surface area (Å²) < 4.78 is 6.09. The molecule has 0 aliphatic carbocycles. The van der Waals surface area contributed by atoms with Gasteiger partial charge in [0.15, 0.2) is 0 Å². The summed E-state index contributed by atoms with van der Waals surface area (Å²) in [6, 6.07) is 10.6. The summed E-state index contributed by atoms with van der Waals surface area (Å²) in [7, 11) is 0. The molecular formula is C17H24N2O. The summed E-state index contributed by atoms with van der Waals surface area (Å²) in [5, 5.41) is 4.46. The number of fused-ring (bicyclic) bond motifs is 1. The second-order valence-electron chi connectivity index (χ2n) is 6.38. The lowest BCUT2D eigenvalue weighted by atomic mass is 10.1. The van der Waals surface area contributed by atoms with Crippen molar-refractivity contribution in [3.05, 3.63) is 36.0 Å². The lowest BCUT2D eigenvalue weighted by Gasteiger charge is -2.23. The van der Waals surface area contributed by atoms with Gasteiger partial charge in [-0.1, -0.05) is 26.0 Å². The highest BCUT2D eigenvalue weighted by molar-refractivity contribution is 5.85. The zero-order valence-corrected chi connectivity index (χ0v) is 13.0. The second-order valence-corrected chi connectivity index (χ2v) is 6.38. The van der Waals surface area contributed by atoms with Crippen molar-refractivity contribution in [1.82, 2.24) is 10.3 Å². The molecule has 0 spiro atoms. The van der Waals surface area contributed by atoms with Gasteiger partial charge >= 0.3 is 0 Å². The predicted molar refractivity (Wildman–Crippen MR) is 84.1 cm³/mol. The van der Waals surface area contributed by atoms with Crippen molar-refractivity contribution in [1.29, 1.82) is 0 Å². The largest absolute Gasteiger partial charge is 0.487 e. The van der Waals surface area contributed by atoms with Crippen LogP contribution in [0.2, 0.25) is 0 Å². The molecule has 1 aromatic carbocycles. The molecular weight excluding hydrogens is 248 g/mol. The monoisotopic (exact) mass is 272 g/mol. The van der Waals surface area contributed by atoms with Gasteiger partial charge in [-0.15, -0.1) is 0 Å². The Morgan fingerprint density at radius 3 is 2.55 bits per heavy atom. The van der Waals surface area contributed by atoms with Gasteiger partial charge in [0, 0.05) is 24.0 Å². The highest BCUT2D eigenvalue weighted by atomic mass is 16.5. The van der Waals surface area contributed by atoms with Crippen LogP contribution in [0.15, 0.2) is 30.3 Å². The van der Waals surface area contributed by atoms with E-state index in [1.54, 1.807) is 0 Å². The number of nitrogens with one attached hydrogen (secondary N) is 1. The molecule has 0 saturated carbocycles. The topological polar surface area (TPSA) is 34.1 Å². The number of rotatable bonds is 4. The number of para-hydroxylation sites is 1. The fourth-order valence-corrected chi connectivity index (χ4v) is 2.01. The molecule has 3 nitrogen and oxygen atoms in total. The van der Waals surface area contributed by atoms with E-state index in [4.69, 9.17) is 9.72 Å². The molecule has 0 bridgehead atoms. The Kier molecular flexibility index (Phi) is 4.29. The SMILES string of the molecule is CC(C)NCc1cc(OC(C)(C)C)c2ccccc2n1. The van der Waals surface area contributed by atoms with Crippen molar-refractivity contribution in [3.8, 4) is 5.75 Å². The van der Waals surface area contributed by atoms with Crippen LogP contribution >= 0.6 is 0 Å². The lowest BCUT2D eigenvalue weighted by Crippen LogP contribution is -2.24. The van der Waals surface area contributed by atoms with Gasteiger partial charge < -0.3 is 10.1 Å². The average molecular weight is 272 g/mol. The van der Waals surface area contributed by atoms with Crippen molar-refractivity contribution in [2.24, 2.45) is 0 Å². The van der Waals surface area contributed by atoms with Gasteiger partial charge in [-0.3, -0.25) is 4.98 Å². The number of ether oxygens (including phenoxy) is 1. The third-order valence-electron chi connectivity index (χ3n) is 2.84. The molecule has 0 aliphatic heterocycles. The van der Waals surface area contributed by atoms with E-state index in [0.29, 0.717) is 6.04 Å². The molecule has 0 saturated heterocycles. The highest BCUT2D eigenvalue weighted by Gasteiger charge is 2.15. The number of benzene rings is 1. The molecule has 108 valence electrons. The van der Waals surface area contributed by atoms with Crippen LogP contribution in [-0.2, 0) is 6.54 Å². The molecule has 1 heterocycles. The summed E-state index contributed by atoms with van der Waals surface area (Å²) in [6.07, 6.45) is 0. The number of nitrogens with zero attached hydrogens (tertiary/aromatic N) is 1. The van der Waals surface area contributed by atoms with E-state index in [0.717, 1.165) is 28.9 Å². The Bertz CT molecular complexity index is 585. The minimum absolute atomic E-state index is 0.215. The molecule has 0 amide bonds. The summed E-state index contributed by atoms with van der Waals surface area (Å²) in [5.74, 6) is 0.906. The van der Waals surface area contributed by atoms with Gasteiger partial charge in [0.2, 0.25) is 0 Å². The molecule has 2 rings (SSSR count). The number of hydrogen-bond donors (Lipinski definition) is 1. The van der Waals surface area contributed by atoms with Crippen molar-refractivity contribution in [2.75, 3.05) is 0 Å². The van der Waals surface area contributed by atoms with Gasteiger partial charge in [-0.2, -0.15) is 0 Å². The standard InChI is InChI=1S/C17H24N2O/c1-12(2)18-11-13-10-16(20-17(3,4)5)14-8-6-7-9-15(14)19-13/h6-10,12,18H,11H2,1-5H3. The maximum Gasteiger partial charge on any atom is 0.131 e. The first kappa shape index (κ1) is 14.8.